The lowest BCUT2D eigenvalue weighted by molar-refractivity contribution is 0.442. The molecule has 26 heavy (non-hydrogen) atoms. The van der Waals surface area contributed by atoms with Crippen LogP contribution in [0.3, 0.4) is 0 Å². The molecule has 0 saturated carbocycles. The maximum atomic E-state index is 10.7. The molecular weight excluding hydrogens is 320 g/mol. The van der Waals surface area contributed by atoms with Gasteiger partial charge in [0.25, 0.3) is 0 Å². The van der Waals surface area contributed by atoms with E-state index in [-0.39, 0.29) is 11.5 Å². The third kappa shape index (κ3) is 2.42. The first-order valence-electron chi connectivity index (χ1n) is 8.67. The normalized spacial score (nSPS) is 11.6. The zero-order valence-electron chi connectivity index (χ0n) is 14.6. The predicted octanol–water partition coefficient (Wildman–Crippen LogP) is 5.61. The van der Waals surface area contributed by atoms with Crippen LogP contribution in [0.1, 0.15) is 23.6 Å². The van der Waals surface area contributed by atoms with Crippen LogP contribution in [0.4, 0.5) is 0 Å². The highest BCUT2D eigenvalue weighted by Crippen LogP contribution is 2.47. The van der Waals surface area contributed by atoms with E-state index in [2.05, 4.69) is 31.2 Å². The van der Waals surface area contributed by atoms with Crippen LogP contribution >= 0.6 is 0 Å². The molecule has 0 aromatic heterocycles. The molecule has 0 amide bonds. The molecule has 4 rings (SSSR count). The molecule has 0 bridgehead atoms. The summed E-state index contributed by atoms with van der Waals surface area (Å²) in [6, 6.07) is 29.1. The Morgan fingerprint density at radius 1 is 0.538 bits per heavy atom. The second kappa shape index (κ2) is 6.23. The Bertz CT molecular complexity index is 1030. The number of hydrogen-bond acceptors (Lipinski definition) is 2. The highest BCUT2D eigenvalue weighted by Gasteiger charge is 2.36. The second-order valence-corrected chi connectivity index (χ2v) is 6.69. The lowest BCUT2D eigenvalue weighted by Gasteiger charge is -2.33. The lowest BCUT2D eigenvalue weighted by atomic mass is 9.69. The highest BCUT2D eigenvalue weighted by molar-refractivity contribution is 5.88. The smallest absolute Gasteiger partial charge is 0.120 e. The summed E-state index contributed by atoms with van der Waals surface area (Å²) in [7, 11) is 0. The van der Waals surface area contributed by atoms with Crippen LogP contribution in [0.15, 0.2) is 91.0 Å². The lowest BCUT2D eigenvalue weighted by Crippen LogP contribution is -2.26. The molecule has 0 aliphatic carbocycles. The molecular formula is C24H20O2. The summed E-state index contributed by atoms with van der Waals surface area (Å²) in [5, 5.41) is 23.5. The van der Waals surface area contributed by atoms with Gasteiger partial charge in [0.2, 0.25) is 0 Å². The zero-order valence-corrected chi connectivity index (χ0v) is 14.6. The second-order valence-electron chi connectivity index (χ2n) is 6.69. The van der Waals surface area contributed by atoms with Crippen molar-refractivity contribution < 1.29 is 10.2 Å². The van der Waals surface area contributed by atoms with Crippen molar-refractivity contribution >= 4 is 10.8 Å². The van der Waals surface area contributed by atoms with Crippen molar-refractivity contribution in [1.82, 2.24) is 0 Å². The number of rotatable bonds is 3. The summed E-state index contributed by atoms with van der Waals surface area (Å²) in [4.78, 5) is 0. The molecule has 0 atom stereocenters. The fourth-order valence-corrected chi connectivity index (χ4v) is 3.89. The van der Waals surface area contributed by atoms with E-state index in [0.29, 0.717) is 0 Å². The number of fused-ring (bicyclic) bond motifs is 1. The Kier molecular flexibility index (Phi) is 3.89. The minimum Gasteiger partial charge on any atom is -0.508 e. The highest BCUT2D eigenvalue weighted by atomic mass is 16.3. The third-order valence-electron chi connectivity index (χ3n) is 5.21. The molecule has 0 spiro atoms. The molecule has 0 fully saturated rings. The van der Waals surface area contributed by atoms with Crippen LogP contribution in [-0.2, 0) is 5.41 Å². The minimum absolute atomic E-state index is 0.214. The van der Waals surface area contributed by atoms with E-state index in [0.717, 1.165) is 27.5 Å². The Morgan fingerprint density at radius 3 is 1.62 bits per heavy atom. The van der Waals surface area contributed by atoms with Gasteiger partial charge in [-0.05, 0) is 35.4 Å². The number of aromatic hydroxyl groups is 2. The number of phenols is 2. The van der Waals surface area contributed by atoms with Gasteiger partial charge in [-0.25, -0.2) is 0 Å². The van der Waals surface area contributed by atoms with Gasteiger partial charge < -0.3 is 10.2 Å². The zero-order chi connectivity index (χ0) is 18.1. The Labute approximate surface area is 153 Å². The fourth-order valence-electron chi connectivity index (χ4n) is 3.89. The van der Waals surface area contributed by atoms with Crippen molar-refractivity contribution in [2.75, 3.05) is 0 Å². The van der Waals surface area contributed by atoms with Gasteiger partial charge >= 0.3 is 0 Å². The Hall–Kier alpha value is -3.26. The van der Waals surface area contributed by atoms with Gasteiger partial charge in [0.1, 0.15) is 11.5 Å². The van der Waals surface area contributed by atoms with E-state index in [4.69, 9.17) is 0 Å². The first-order chi connectivity index (χ1) is 12.6. The van der Waals surface area contributed by atoms with Crippen molar-refractivity contribution in [2.45, 2.75) is 12.3 Å². The quantitative estimate of drug-likeness (QED) is 0.476. The van der Waals surface area contributed by atoms with Gasteiger partial charge in [0, 0.05) is 11.1 Å². The largest absolute Gasteiger partial charge is 0.508 e. The van der Waals surface area contributed by atoms with Crippen LogP contribution in [0, 0.1) is 0 Å². The number of hydrogen-bond donors (Lipinski definition) is 2. The van der Waals surface area contributed by atoms with Crippen LogP contribution in [0.2, 0.25) is 0 Å². The summed E-state index contributed by atoms with van der Waals surface area (Å²) in [5.74, 6) is 0.428. The summed E-state index contributed by atoms with van der Waals surface area (Å²) in [6.45, 7) is 2.05. The third-order valence-corrected chi connectivity index (χ3v) is 5.21. The van der Waals surface area contributed by atoms with E-state index in [9.17, 15) is 10.2 Å². The van der Waals surface area contributed by atoms with Gasteiger partial charge in [-0.2, -0.15) is 0 Å². The maximum Gasteiger partial charge on any atom is 0.120 e. The van der Waals surface area contributed by atoms with Crippen molar-refractivity contribution in [3.8, 4) is 11.5 Å². The molecule has 0 unspecified atom stereocenters. The SMILES string of the molecule is CC(c1ccccc1O)(c1ccccc1O)c1cccc2ccccc12. The van der Waals surface area contributed by atoms with Crippen LogP contribution in [0.5, 0.6) is 11.5 Å². The molecule has 0 saturated heterocycles. The van der Waals surface area contributed by atoms with E-state index >= 15 is 0 Å². The molecule has 0 aliphatic rings. The summed E-state index contributed by atoms with van der Waals surface area (Å²) in [5.41, 5.74) is 1.85. The number of benzene rings is 4. The molecule has 0 radical (unpaired) electrons. The van der Waals surface area contributed by atoms with Crippen LogP contribution < -0.4 is 0 Å². The van der Waals surface area contributed by atoms with E-state index < -0.39 is 5.41 Å². The van der Waals surface area contributed by atoms with E-state index in [1.165, 1.54) is 0 Å². The molecule has 2 nitrogen and oxygen atoms in total. The van der Waals surface area contributed by atoms with Crippen LogP contribution in [0.25, 0.3) is 10.8 Å². The number of para-hydroxylation sites is 2. The molecule has 0 heterocycles. The van der Waals surface area contributed by atoms with Crippen LogP contribution in [-0.4, -0.2) is 10.2 Å². The molecule has 2 heteroatoms. The Morgan fingerprint density at radius 2 is 1.00 bits per heavy atom. The molecule has 128 valence electrons. The van der Waals surface area contributed by atoms with Gasteiger partial charge in [-0.1, -0.05) is 78.9 Å². The fraction of sp³-hybridized carbons (Fsp3) is 0.0833. The van der Waals surface area contributed by atoms with E-state index in [1.807, 2.05) is 54.6 Å². The standard InChI is InChI=1S/C24H20O2/c1-24(20-12-4-6-15-22(20)25,21-13-5-7-16-23(21)26)19-14-8-10-17-9-2-3-11-18(17)19/h2-16,25-26H,1H3. The van der Waals surface area contributed by atoms with Gasteiger partial charge in [0.15, 0.2) is 0 Å². The molecule has 4 aromatic carbocycles. The van der Waals surface area contributed by atoms with Crippen molar-refractivity contribution in [3.05, 3.63) is 108 Å². The van der Waals surface area contributed by atoms with Gasteiger partial charge in [0.05, 0.1) is 5.41 Å². The topological polar surface area (TPSA) is 40.5 Å². The van der Waals surface area contributed by atoms with E-state index in [1.54, 1.807) is 12.1 Å². The molecule has 4 aromatic rings. The van der Waals surface area contributed by atoms with Crippen molar-refractivity contribution in [1.29, 1.82) is 0 Å². The van der Waals surface area contributed by atoms with Gasteiger partial charge in [-0.3, -0.25) is 0 Å². The first kappa shape index (κ1) is 16.2. The number of phenolic OH excluding ortho intramolecular Hbond substituents is 2. The molecule has 0 aliphatic heterocycles. The Balaban J connectivity index is 2.13. The summed E-state index contributed by atoms with van der Waals surface area (Å²) in [6.07, 6.45) is 0. The van der Waals surface area contributed by atoms with Crippen molar-refractivity contribution in [2.24, 2.45) is 0 Å². The molecule has 2 N–H and O–H groups in total. The maximum absolute atomic E-state index is 10.7. The van der Waals surface area contributed by atoms with Crippen molar-refractivity contribution in [3.63, 3.8) is 0 Å². The van der Waals surface area contributed by atoms with Gasteiger partial charge in [-0.15, -0.1) is 0 Å². The average Bonchev–Trinajstić information content (AvgIpc) is 2.68. The summed E-state index contributed by atoms with van der Waals surface area (Å²) < 4.78 is 0. The minimum atomic E-state index is -0.711. The first-order valence-corrected chi connectivity index (χ1v) is 8.67. The predicted molar refractivity (Wildman–Crippen MR) is 106 cm³/mol. The average molecular weight is 340 g/mol. The monoisotopic (exact) mass is 340 g/mol. The summed E-state index contributed by atoms with van der Waals surface area (Å²) >= 11 is 0.